The summed E-state index contributed by atoms with van der Waals surface area (Å²) in [5.41, 5.74) is 1.73. The Balaban J connectivity index is 1.85. The highest BCUT2D eigenvalue weighted by atomic mass is 32.1. The first-order valence-electron chi connectivity index (χ1n) is 6.81. The lowest BCUT2D eigenvalue weighted by Gasteiger charge is -2.01. The van der Waals surface area contributed by atoms with Crippen LogP contribution in [0.15, 0.2) is 71.0 Å². The van der Waals surface area contributed by atoms with Gasteiger partial charge in [0.2, 0.25) is 5.13 Å². The van der Waals surface area contributed by atoms with Gasteiger partial charge < -0.3 is 0 Å². The Morgan fingerprint density at radius 3 is 2.59 bits per heavy atom. The second-order valence-corrected chi connectivity index (χ2v) is 5.67. The molecule has 0 saturated carbocycles. The molecule has 0 aliphatic carbocycles. The van der Waals surface area contributed by atoms with E-state index in [1.54, 1.807) is 6.20 Å². The first kappa shape index (κ1) is 12.9. The fraction of sp³-hybridized carbons (Fsp3) is 0. The number of nitrogens with zero attached hydrogens (tertiary/aromatic N) is 3. The third kappa shape index (κ3) is 2.12. The number of hydrogen-bond acceptors (Lipinski definition) is 4. The van der Waals surface area contributed by atoms with Crippen LogP contribution in [0.2, 0.25) is 0 Å². The molecule has 4 nitrogen and oxygen atoms in total. The zero-order valence-corrected chi connectivity index (χ0v) is 12.3. The average Bonchev–Trinajstić information content (AvgIpc) is 3.06. The van der Waals surface area contributed by atoms with Crippen molar-refractivity contribution >= 4 is 22.1 Å². The van der Waals surface area contributed by atoms with Gasteiger partial charge in [0.15, 0.2) is 0 Å². The van der Waals surface area contributed by atoms with Crippen LogP contribution in [0.25, 0.3) is 27.2 Å². The molecule has 2 heterocycles. The van der Waals surface area contributed by atoms with Gasteiger partial charge in [0.1, 0.15) is 0 Å². The van der Waals surface area contributed by atoms with Crippen molar-refractivity contribution in [2.75, 3.05) is 0 Å². The maximum atomic E-state index is 12.5. The molecule has 4 rings (SSSR count). The highest BCUT2D eigenvalue weighted by Crippen LogP contribution is 2.23. The number of benzene rings is 2. The highest BCUT2D eigenvalue weighted by molar-refractivity contribution is 7.12. The van der Waals surface area contributed by atoms with E-state index >= 15 is 0 Å². The summed E-state index contributed by atoms with van der Waals surface area (Å²) in [6.45, 7) is 0. The van der Waals surface area contributed by atoms with Gasteiger partial charge in [-0.25, -0.2) is 4.98 Å². The van der Waals surface area contributed by atoms with E-state index in [4.69, 9.17) is 0 Å². The molecule has 4 aromatic rings. The van der Waals surface area contributed by atoms with Crippen molar-refractivity contribution in [3.05, 3.63) is 76.5 Å². The second kappa shape index (κ2) is 5.20. The first-order valence-corrected chi connectivity index (χ1v) is 7.69. The topological polar surface area (TPSA) is 47.8 Å². The number of hydrogen-bond donors (Lipinski definition) is 0. The Kier molecular flexibility index (Phi) is 3.05. The molecular formula is C17H11N3OS. The maximum absolute atomic E-state index is 12.5. The molecule has 0 fully saturated rings. The van der Waals surface area contributed by atoms with Gasteiger partial charge in [-0.2, -0.15) is 9.78 Å². The fourth-order valence-corrected chi connectivity index (χ4v) is 3.12. The van der Waals surface area contributed by atoms with Crippen molar-refractivity contribution in [1.29, 1.82) is 0 Å². The van der Waals surface area contributed by atoms with Crippen LogP contribution in [0.5, 0.6) is 0 Å². The molecule has 0 N–H and O–H groups in total. The zero-order chi connectivity index (χ0) is 14.9. The van der Waals surface area contributed by atoms with Crippen LogP contribution in [-0.2, 0) is 0 Å². The Morgan fingerprint density at radius 1 is 0.955 bits per heavy atom. The Labute approximate surface area is 130 Å². The standard InChI is InChI=1S/C17H11N3OS/c21-16-14-9-5-4-8-13(14)10-18-20(16)17-19-15(11-22-17)12-6-2-1-3-7-12/h1-11H. The summed E-state index contributed by atoms with van der Waals surface area (Å²) in [4.78, 5) is 17.1. The van der Waals surface area contributed by atoms with Crippen LogP contribution in [-0.4, -0.2) is 14.8 Å². The van der Waals surface area contributed by atoms with Gasteiger partial charge in [-0.1, -0.05) is 48.5 Å². The molecule has 0 radical (unpaired) electrons. The van der Waals surface area contributed by atoms with Crippen LogP contribution in [0.3, 0.4) is 0 Å². The van der Waals surface area contributed by atoms with Crippen LogP contribution in [0.1, 0.15) is 0 Å². The number of aromatic nitrogens is 3. The summed E-state index contributed by atoms with van der Waals surface area (Å²) < 4.78 is 1.36. The van der Waals surface area contributed by atoms with Gasteiger partial charge in [0.25, 0.3) is 5.56 Å². The lowest BCUT2D eigenvalue weighted by Crippen LogP contribution is -2.20. The van der Waals surface area contributed by atoms with E-state index < -0.39 is 0 Å². The van der Waals surface area contributed by atoms with Crippen molar-refractivity contribution in [3.63, 3.8) is 0 Å². The smallest absolute Gasteiger partial charge is 0.267 e. The quantitative estimate of drug-likeness (QED) is 0.569. The van der Waals surface area contributed by atoms with Gasteiger partial charge in [0, 0.05) is 16.3 Å². The number of thiazole rings is 1. The molecule has 0 aliphatic heterocycles. The SMILES string of the molecule is O=c1c2ccccc2cnn1-c1nc(-c2ccccc2)cs1. The Bertz CT molecular complexity index is 1010. The molecule has 0 saturated heterocycles. The van der Waals surface area contributed by atoms with Crippen LogP contribution >= 0.6 is 11.3 Å². The molecule has 106 valence electrons. The fourth-order valence-electron chi connectivity index (χ4n) is 2.33. The van der Waals surface area contributed by atoms with Gasteiger partial charge in [0.05, 0.1) is 17.3 Å². The van der Waals surface area contributed by atoms with Crippen molar-refractivity contribution in [1.82, 2.24) is 14.8 Å². The molecule has 0 unspecified atom stereocenters. The number of fused-ring (bicyclic) bond motifs is 1. The lowest BCUT2D eigenvalue weighted by molar-refractivity contribution is 0.813. The Morgan fingerprint density at radius 2 is 1.73 bits per heavy atom. The van der Waals surface area contributed by atoms with Crippen LogP contribution in [0, 0.1) is 0 Å². The summed E-state index contributed by atoms with van der Waals surface area (Å²) in [6.07, 6.45) is 1.69. The minimum Gasteiger partial charge on any atom is -0.267 e. The van der Waals surface area contributed by atoms with Gasteiger partial charge >= 0.3 is 0 Å². The molecule has 2 aromatic carbocycles. The summed E-state index contributed by atoms with van der Waals surface area (Å²) in [7, 11) is 0. The molecular weight excluding hydrogens is 294 g/mol. The third-order valence-corrected chi connectivity index (χ3v) is 4.25. The minimum atomic E-state index is -0.146. The maximum Gasteiger partial charge on any atom is 0.281 e. The van der Waals surface area contributed by atoms with E-state index in [9.17, 15) is 4.79 Å². The molecule has 0 spiro atoms. The lowest BCUT2D eigenvalue weighted by atomic mass is 10.2. The zero-order valence-electron chi connectivity index (χ0n) is 11.5. The van der Waals surface area contributed by atoms with E-state index in [1.807, 2.05) is 60.0 Å². The third-order valence-electron chi connectivity index (χ3n) is 3.44. The van der Waals surface area contributed by atoms with E-state index in [0.29, 0.717) is 10.5 Å². The summed E-state index contributed by atoms with van der Waals surface area (Å²) >= 11 is 1.41. The van der Waals surface area contributed by atoms with Crippen molar-refractivity contribution in [3.8, 4) is 16.4 Å². The van der Waals surface area contributed by atoms with E-state index in [-0.39, 0.29) is 5.56 Å². The summed E-state index contributed by atoms with van der Waals surface area (Å²) in [6, 6.07) is 17.3. The van der Waals surface area contributed by atoms with Crippen LogP contribution in [0.4, 0.5) is 0 Å². The average molecular weight is 305 g/mol. The summed E-state index contributed by atoms with van der Waals surface area (Å²) in [5, 5.41) is 8.24. The van der Waals surface area contributed by atoms with Crippen molar-refractivity contribution < 1.29 is 0 Å². The monoisotopic (exact) mass is 305 g/mol. The van der Waals surface area contributed by atoms with Gasteiger partial charge in [-0.15, -0.1) is 11.3 Å². The molecule has 0 atom stereocenters. The minimum absolute atomic E-state index is 0.146. The van der Waals surface area contributed by atoms with Gasteiger partial charge in [-0.3, -0.25) is 4.79 Å². The van der Waals surface area contributed by atoms with E-state index in [0.717, 1.165) is 16.6 Å². The summed E-state index contributed by atoms with van der Waals surface area (Å²) in [5.74, 6) is 0. The molecule has 5 heteroatoms. The Hall–Kier alpha value is -2.79. The predicted molar refractivity (Wildman–Crippen MR) is 88.4 cm³/mol. The van der Waals surface area contributed by atoms with Crippen molar-refractivity contribution in [2.45, 2.75) is 0 Å². The second-order valence-electron chi connectivity index (χ2n) is 4.83. The largest absolute Gasteiger partial charge is 0.281 e. The first-order chi connectivity index (χ1) is 10.8. The molecule has 0 bridgehead atoms. The predicted octanol–water partition coefficient (Wildman–Crippen LogP) is 3.51. The number of rotatable bonds is 2. The van der Waals surface area contributed by atoms with Gasteiger partial charge in [-0.05, 0) is 6.07 Å². The molecule has 0 aliphatic rings. The van der Waals surface area contributed by atoms with Crippen molar-refractivity contribution in [2.24, 2.45) is 0 Å². The van der Waals surface area contributed by atoms with E-state index in [1.165, 1.54) is 16.0 Å². The highest BCUT2D eigenvalue weighted by Gasteiger charge is 2.10. The molecule has 0 amide bonds. The van der Waals surface area contributed by atoms with E-state index in [2.05, 4.69) is 10.1 Å². The molecule has 22 heavy (non-hydrogen) atoms. The van der Waals surface area contributed by atoms with Crippen LogP contribution < -0.4 is 5.56 Å². The molecule has 2 aromatic heterocycles. The normalized spacial score (nSPS) is 10.9.